The summed E-state index contributed by atoms with van der Waals surface area (Å²) in [6.07, 6.45) is -0.0383. The fraction of sp³-hybridized carbons (Fsp3) is 0.636. The molecule has 0 spiro atoms. The minimum absolute atomic E-state index is 0.0383. The van der Waals surface area contributed by atoms with Gasteiger partial charge in [-0.1, -0.05) is 13.8 Å². The summed E-state index contributed by atoms with van der Waals surface area (Å²) in [6, 6.07) is 0. The Bertz CT molecular complexity index is 387. The number of anilines is 1. The highest BCUT2D eigenvalue weighted by Crippen LogP contribution is 2.21. The van der Waals surface area contributed by atoms with E-state index in [-0.39, 0.29) is 23.6 Å². The van der Waals surface area contributed by atoms with E-state index in [9.17, 15) is 4.79 Å². The van der Waals surface area contributed by atoms with E-state index in [0.717, 1.165) is 5.69 Å². The molecule has 1 rings (SSSR count). The van der Waals surface area contributed by atoms with Crippen LogP contribution in [-0.2, 0) is 4.74 Å². The largest absolute Gasteiger partial charge is 0.395 e. The number of carbonyl (C=O) groups is 1. The van der Waals surface area contributed by atoms with Crippen molar-refractivity contribution in [3.63, 3.8) is 0 Å². The van der Waals surface area contributed by atoms with Crippen molar-refractivity contribution in [1.82, 2.24) is 15.5 Å². The maximum absolute atomic E-state index is 11.8. The quantitative estimate of drug-likeness (QED) is 0.712. The van der Waals surface area contributed by atoms with Crippen LogP contribution < -0.4 is 11.1 Å². The van der Waals surface area contributed by atoms with Crippen LogP contribution in [-0.4, -0.2) is 35.9 Å². The first kappa shape index (κ1) is 13.5. The number of amides is 1. The number of aromatic nitrogens is 2. The third-order valence-electron chi connectivity index (χ3n) is 2.58. The minimum atomic E-state index is -0.283. The van der Waals surface area contributed by atoms with Gasteiger partial charge in [0, 0.05) is 13.7 Å². The number of hydrogen-bond donors (Lipinski definition) is 3. The summed E-state index contributed by atoms with van der Waals surface area (Å²) >= 11 is 0. The molecule has 1 amide bonds. The molecule has 1 unspecified atom stereocenters. The molecule has 6 heteroatoms. The van der Waals surface area contributed by atoms with Crippen LogP contribution in [0.25, 0.3) is 0 Å². The number of hydrogen-bond acceptors (Lipinski definition) is 4. The molecule has 0 aromatic carbocycles. The fourth-order valence-corrected chi connectivity index (χ4v) is 1.38. The molecule has 0 radical (unpaired) electrons. The molecular weight excluding hydrogens is 220 g/mol. The van der Waals surface area contributed by atoms with Gasteiger partial charge in [0.05, 0.1) is 17.5 Å². The second-order valence-electron chi connectivity index (χ2n) is 4.31. The van der Waals surface area contributed by atoms with Crippen LogP contribution in [0.3, 0.4) is 0 Å². The van der Waals surface area contributed by atoms with Crippen molar-refractivity contribution in [2.75, 3.05) is 19.4 Å². The Kier molecular flexibility index (Phi) is 4.51. The number of methoxy groups -OCH3 is 1. The van der Waals surface area contributed by atoms with Gasteiger partial charge in [-0.3, -0.25) is 9.89 Å². The van der Waals surface area contributed by atoms with E-state index in [0.29, 0.717) is 12.2 Å². The Morgan fingerprint density at radius 3 is 2.65 bits per heavy atom. The summed E-state index contributed by atoms with van der Waals surface area (Å²) in [5, 5.41) is 9.44. The highest BCUT2D eigenvalue weighted by molar-refractivity contribution is 5.97. The normalized spacial score (nSPS) is 12.8. The Balaban J connectivity index is 2.70. The average Bonchev–Trinajstić information content (AvgIpc) is 2.67. The van der Waals surface area contributed by atoms with E-state index in [1.165, 1.54) is 0 Å². The summed E-state index contributed by atoms with van der Waals surface area (Å²) in [7, 11) is 1.59. The first-order valence-electron chi connectivity index (χ1n) is 5.62. The Hall–Kier alpha value is -1.56. The van der Waals surface area contributed by atoms with Crippen molar-refractivity contribution < 1.29 is 9.53 Å². The molecule has 0 aliphatic heterocycles. The molecule has 1 heterocycles. The maximum atomic E-state index is 11.8. The molecule has 1 aromatic rings. The molecule has 0 aliphatic rings. The lowest BCUT2D eigenvalue weighted by Crippen LogP contribution is -2.32. The molecule has 1 atom stereocenters. The Morgan fingerprint density at radius 1 is 1.53 bits per heavy atom. The Labute approximate surface area is 101 Å². The molecule has 0 saturated heterocycles. The Morgan fingerprint density at radius 2 is 2.18 bits per heavy atom. The van der Waals surface area contributed by atoms with Crippen LogP contribution in [0, 0.1) is 0 Å². The summed E-state index contributed by atoms with van der Waals surface area (Å²) < 4.78 is 5.04. The fourth-order valence-electron chi connectivity index (χ4n) is 1.38. The van der Waals surface area contributed by atoms with Crippen LogP contribution in [0.5, 0.6) is 0 Å². The minimum Gasteiger partial charge on any atom is -0.395 e. The zero-order valence-corrected chi connectivity index (χ0v) is 10.7. The number of nitrogens with zero attached hydrogens (tertiary/aromatic N) is 1. The highest BCUT2D eigenvalue weighted by Gasteiger charge is 2.18. The van der Waals surface area contributed by atoms with E-state index in [1.54, 1.807) is 7.11 Å². The smallest absolute Gasteiger partial charge is 0.274 e. The number of nitrogen functional groups attached to an aromatic ring is 1. The topological polar surface area (TPSA) is 93.0 Å². The van der Waals surface area contributed by atoms with Crippen molar-refractivity contribution in [1.29, 1.82) is 0 Å². The molecule has 6 nitrogen and oxygen atoms in total. The van der Waals surface area contributed by atoms with E-state index < -0.39 is 0 Å². The van der Waals surface area contributed by atoms with Crippen molar-refractivity contribution >= 4 is 11.6 Å². The summed E-state index contributed by atoms with van der Waals surface area (Å²) in [4.78, 5) is 11.8. The second-order valence-corrected chi connectivity index (χ2v) is 4.31. The SMILES string of the molecule is COC(C)CNC(=O)c1n[nH]c(C(C)C)c1N. The van der Waals surface area contributed by atoms with Gasteiger partial charge < -0.3 is 15.8 Å². The molecule has 0 saturated carbocycles. The third kappa shape index (κ3) is 3.20. The lowest BCUT2D eigenvalue weighted by atomic mass is 10.1. The summed E-state index contributed by atoms with van der Waals surface area (Å²) in [6.45, 7) is 6.27. The van der Waals surface area contributed by atoms with Crippen molar-refractivity contribution in [3.05, 3.63) is 11.4 Å². The molecule has 0 fully saturated rings. The van der Waals surface area contributed by atoms with E-state index in [1.807, 2.05) is 20.8 Å². The van der Waals surface area contributed by atoms with E-state index >= 15 is 0 Å². The number of ether oxygens (including phenoxy) is 1. The number of nitrogens with two attached hydrogens (primary N) is 1. The highest BCUT2D eigenvalue weighted by atomic mass is 16.5. The van der Waals surface area contributed by atoms with Gasteiger partial charge in [0.25, 0.3) is 5.91 Å². The lowest BCUT2D eigenvalue weighted by Gasteiger charge is -2.10. The van der Waals surface area contributed by atoms with Crippen LogP contribution in [0.2, 0.25) is 0 Å². The van der Waals surface area contributed by atoms with Gasteiger partial charge in [-0.05, 0) is 12.8 Å². The zero-order valence-electron chi connectivity index (χ0n) is 10.7. The molecule has 4 N–H and O–H groups in total. The number of H-pyrrole nitrogens is 1. The van der Waals surface area contributed by atoms with Gasteiger partial charge in [-0.2, -0.15) is 5.10 Å². The van der Waals surface area contributed by atoms with Crippen molar-refractivity contribution in [2.24, 2.45) is 0 Å². The number of carbonyl (C=O) groups excluding carboxylic acids is 1. The maximum Gasteiger partial charge on any atom is 0.274 e. The van der Waals surface area contributed by atoms with Gasteiger partial charge in [0.2, 0.25) is 0 Å². The first-order chi connectivity index (χ1) is 7.97. The number of nitrogens with one attached hydrogen (secondary N) is 2. The molecule has 96 valence electrons. The molecule has 0 aliphatic carbocycles. The van der Waals surface area contributed by atoms with Crippen LogP contribution >= 0.6 is 0 Å². The van der Waals surface area contributed by atoms with Gasteiger partial charge in [-0.15, -0.1) is 0 Å². The molecular formula is C11H20N4O2. The average molecular weight is 240 g/mol. The van der Waals surface area contributed by atoms with Crippen LogP contribution in [0.15, 0.2) is 0 Å². The molecule has 1 aromatic heterocycles. The lowest BCUT2D eigenvalue weighted by molar-refractivity contribution is 0.0867. The van der Waals surface area contributed by atoms with Crippen LogP contribution in [0.1, 0.15) is 42.9 Å². The monoisotopic (exact) mass is 240 g/mol. The second kappa shape index (κ2) is 5.67. The van der Waals surface area contributed by atoms with Gasteiger partial charge in [0.1, 0.15) is 0 Å². The third-order valence-corrected chi connectivity index (χ3v) is 2.58. The zero-order chi connectivity index (χ0) is 13.0. The van der Waals surface area contributed by atoms with Crippen LogP contribution in [0.4, 0.5) is 5.69 Å². The summed E-state index contributed by atoms with van der Waals surface area (Å²) in [5.41, 5.74) is 7.31. The van der Waals surface area contributed by atoms with Crippen molar-refractivity contribution in [3.8, 4) is 0 Å². The molecule has 17 heavy (non-hydrogen) atoms. The van der Waals surface area contributed by atoms with Crippen molar-refractivity contribution in [2.45, 2.75) is 32.8 Å². The van der Waals surface area contributed by atoms with Gasteiger partial charge in [-0.25, -0.2) is 0 Å². The first-order valence-corrected chi connectivity index (χ1v) is 5.62. The molecule has 0 bridgehead atoms. The van der Waals surface area contributed by atoms with Gasteiger partial charge >= 0.3 is 0 Å². The summed E-state index contributed by atoms with van der Waals surface area (Å²) in [5.74, 6) is -0.0727. The number of aromatic amines is 1. The predicted octanol–water partition coefficient (Wildman–Crippen LogP) is 0.880. The van der Waals surface area contributed by atoms with E-state index in [2.05, 4.69) is 15.5 Å². The standard InChI is InChI=1S/C11H20N4O2/c1-6(2)9-8(12)10(15-14-9)11(16)13-5-7(3)17-4/h6-7H,5,12H2,1-4H3,(H,13,16)(H,14,15). The van der Waals surface area contributed by atoms with E-state index in [4.69, 9.17) is 10.5 Å². The number of rotatable bonds is 5. The predicted molar refractivity (Wildman–Crippen MR) is 65.9 cm³/mol. The van der Waals surface area contributed by atoms with Gasteiger partial charge in [0.15, 0.2) is 5.69 Å².